The molecule has 2 heterocycles. The number of halogens is 2. The van der Waals surface area contributed by atoms with Gasteiger partial charge in [0.25, 0.3) is 11.5 Å². The first-order chi connectivity index (χ1) is 12.5. The lowest BCUT2D eigenvalue weighted by Gasteiger charge is -2.17. The van der Waals surface area contributed by atoms with E-state index in [4.69, 9.17) is 4.74 Å². The van der Waals surface area contributed by atoms with Gasteiger partial charge in [0, 0.05) is 30.9 Å². The Morgan fingerprint density at radius 1 is 1.15 bits per heavy atom. The number of pyridine rings is 1. The molecular weight excluding hydrogens is 342 g/mol. The fourth-order valence-corrected chi connectivity index (χ4v) is 3.30. The minimum atomic E-state index is -0.702. The van der Waals surface area contributed by atoms with Crippen LogP contribution in [-0.4, -0.2) is 17.6 Å². The van der Waals surface area contributed by atoms with E-state index in [1.807, 2.05) is 0 Å². The molecule has 0 unspecified atom stereocenters. The molecule has 1 aliphatic rings. The summed E-state index contributed by atoms with van der Waals surface area (Å²) in [6.07, 6.45) is 3.34. The van der Waals surface area contributed by atoms with E-state index in [0.29, 0.717) is 29.8 Å². The summed E-state index contributed by atoms with van der Waals surface area (Å²) >= 11 is 0. The second-order valence-corrected chi connectivity index (χ2v) is 6.30. The first-order valence-electron chi connectivity index (χ1n) is 8.53. The third kappa shape index (κ3) is 3.76. The largest absolute Gasteiger partial charge is 0.496 e. The first-order valence-corrected chi connectivity index (χ1v) is 8.53. The van der Waals surface area contributed by atoms with Crippen molar-refractivity contribution in [2.24, 2.45) is 0 Å². The Morgan fingerprint density at radius 2 is 1.88 bits per heavy atom. The zero-order valence-electron chi connectivity index (χ0n) is 14.5. The number of nitrogens with one attached hydrogen (secondary N) is 1. The van der Waals surface area contributed by atoms with E-state index in [9.17, 15) is 18.4 Å². The van der Waals surface area contributed by atoms with Gasteiger partial charge in [-0.15, -0.1) is 0 Å². The third-order valence-electron chi connectivity index (χ3n) is 4.50. The van der Waals surface area contributed by atoms with Crippen LogP contribution >= 0.6 is 0 Å². The normalized spacial score (nSPS) is 13.7. The van der Waals surface area contributed by atoms with Crippen molar-refractivity contribution in [2.75, 3.05) is 7.11 Å². The summed E-state index contributed by atoms with van der Waals surface area (Å²) in [4.78, 5) is 25.1. The van der Waals surface area contributed by atoms with E-state index >= 15 is 0 Å². The molecule has 0 bridgehead atoms. The van der Waals surface area contributed by atoms with Crippen LogP contribution in [0.15, 0.2) is 29.1 Å². The molecule has 1 aromatic heterocycles. The van der Waals surface area contributed by atoms with Gasteiger partial charge in [-0.05, 0) is 37.0 Å². The van der Waals surface area contributed by atoms with E-state index < -0.39 is 17.5 Å². The zero-order chi connectivity index (χ0) is 18.7. The number of amides is 1. The summed E-state index contributed by atoms with van der Waals surface area (Å²) in [7, 11) is 1.40. The highest BCUT2D eigenvalue weighted by molar-refractivity contribution is 5.98. The number of nitrogens with zero attached hydrogens (tertiary/aromatic N) is 1. The number of aromatic nitrogens is 1. The summed E-state index contributed by atoms with van der Waals surface area (Å²) in [6, 6.07) is 4.41. The summed E-state index contributed by atoms with van der Waals surface area (Å²) in [5.41, 5.74) is 1.08. The molecule has 1 N–H and O–H groups in total. The molecular formula is C19H20F2N2O3. The molecule has 1 aliphatic heterocycles. The number of methoxy groups -OCH3 is 1. The maximum Gasteiger partial charge on any atom is 0.257 e. The number of hydrogen-bond acceptors (Lipinski definition) is 3. The van der Waals surface area contributed by atoms with Gasteiger partial charge < -0.3 is 14.6 Å². The highest BCUT2D eigenvalue weighted by atomic mass is 19.1. The molecule has 1 amide bonds. The van der Waals surface area contributed by atoms with Gasteiger partial charge in [-0.2, -0.15) is 0 Å². The van der Waals surface area contributed by atoms with E-state index in [1.165, 1.54) is 13.2 Å². The second kappa shape index (κ2) is 7.68. The number of rotatable bonds is 4. The minimum Gasteiger partial charge on any atom is -0.496 e. The van der Waals surface area contributed by atoms with Crippen molar-refractivity contribution < 1.29 is 18.3 Å². The Balaban J connectivity index is 1.92. The van der Waals surface area contributed by atoms with Gasteiger partial charge in [0.2, 0.25) is 0 Å². The quantitative estimate of drug-likeness (QED) is 0.910. The molecule has 0 aliphatic carbocycles. The van der Waals surface area contributed by atoms with Gasteiger partial charge >= 0.3 is 0 Å². The molecule has 0 saturated heterocycles. The van der Waals surface area contributed by atoms with Crippen molar-refractivity contribution in [1.29, 1.82) is 0 Å². The molecule has 26 heavy (non-hydrogen) atoms. The molecule has 0 radical (unpaired) electrons. The number of ether oxygens (including phenoxy) is 1. The Labute approximate surface area is 149 Å². The molecule has 0 fully saturated rings. The molecule has 7 heteroatoms. The average Bonchev–Trinajstić information content (AvgIpc) is 2.85. The maximum atomic E-state index is 13.3. The molecule has 2 aromatic rings. The lowest BCUT2D eigenvalue weighted by atomic mass is 10.1. The average molecular weight is 362 g/mol. The summed E-state index contributed by atoms with van der Waals surface area (Å²) in [6.45, 7) is 0.531. The van der Waals surface area contributed by atoms with Crippen LogP contribution in [-0.2, 0) is 19.5 Å². The van der Waals surface area contributed by atoms with Crippen LogP contribution in [0.1, 0.15) is 40.9 Å². The maximum absolute atomic E-state index is 13.3. The minimum absolute atomic E-state index is 0.0325. The number of hydrogen-bond donors (Lipinski definition) is 1. The van der Waals surface area contributed by atoms with Crippen molar-refractivity contribution in [3.63, 3.8) is 0 Å². The Kier molecular flexibility index (Phi) is 5.35. The Morgan fingerprint density at radius 3 is 2.58 bits per heavy atom. The van der Waals surface area contributed by atoms with Crippen LogP contribution < -0.4 is 15.6 Å². The Hall–Kier alpha value is -2.70. The highest BCUT2D eigenvalue weighted by Crippen LogP contribution is 2.24. The number of benzene rings is 1. The highest BCUT2D eigenvalue weighted by Gasteiger charge is 2.23. The lowest BCUT2D eigenvalue weighted by molar-refractivity contribution is 0.0945. The molecule has 1 aromatic carbocycles. The van der Waals surface area contributed by atoms with Gasteiger partial charge in [0.15, 0.2) is 0 Å². The summed E-state index contributed by atoms with van der Waals surface area (Å²) in [5, 5.41) is 2.67. The van der Waals surface area contributed by atoms with Crippen molar-refractivity contribution in [3.8, 4) is 5.75 Å². The molecule has 3 rings (SSSR count). The standard InChI is InChI=1S/C19H20F2N2O3/c1-26-16-10-17(24)23-6-4-2-3-5-15(23)18(16)19(25)22-11-12-7-13(20)9-14(21)8-12/h7-10H,2-6,11H2,1H3,(H,22,25). The fraction of sp³-hybridized carbons (Fsp3) is 0.368. The zero-order valence-corrected chi connectivity index (χ0v) is 14.5. The van der Waals surface area contributed by atoms with Gasteiger partial charge in [-0.3, -0.25) is 9.59 Å². The smallest absolute Gasteiger partial charge is 0.257 e. The summed E-state index contributed by atoms with van der Waals surface area (Å²) in [5.74, 6) is -1.62. The number of carbonyl (C=O) groups excluding carboxylic acids is 1. The topological polar surface area (TPSA) is 60.3 Å². The molecule has 0 saturated carbocycles. The van der Waals surface area contributed by atoms with Crippen LogP contribution in [0.25, 0.3) is 0 Å². The van der Waals surface area contributed by atoms with Gasteiger partial charge in [0.1, 0.15) is 22.9 Å². The van der Waals surface area contributed by atoms with Crippen LogP contribution in [0.3, 0.4) is 0 Å². The van der Waals surface area contributed by atoms with Crippen LogP contribution in [0.5, 0.6) is 5.75 Å². The van der Waals surface area contributed by atoms with Crippen molar-refractivity contribution in [3.05, 3.63) is 63.1 Å². The first kappa shape index (κ1) is 18.1. The van der Waals surface area contributed by atoms with Crippen LogP contribution in [0, 0.1) is 11.6 Å². The van der Waals surface area contributed by atoms with Crippen LogP contribution in [0.4, 0.5) is 8.78 Å². The van der Waals surface area contributed by atoms with Gasteiger partial charge in [0.05, 0.1) is 7.11 Å². The van der Waals surface area contributed by atoms with E-state index in [0.717, 1.165) is 37.5 Å². The Bertz CT molecular complexity index is 873. The summed E-state index contributed by atoms with van der Waals surface area (Å²) < 4.78 is 33.5. The molecule has 0 spiro atoms. The van der Waals surface area contributed by atoms with Gasteiger partial charge in [-0.1, -0.05) is 6.42 Å². The van der Waals surface area contributed by atoms with E-state index in [2.05, 4.69) is 5.32 Å². The third-order valence-corrected chi connectivity index (χ3v) is 4.50. The van der Waals surface area contributed by atoms with Gasteiger partial charge in [-0.25, -0.2) is 8.78 Å². The van der Waals surface area contributed by atoms with Crippen molar-refractivity contribution >= 4 is 5.91 Å². The predicted octanol–water partition coefficient (Wildman–Crippen LogP) is 2.79. The molecule has 5 nitrogen and oxygen atoms in total. The lowest BCUT2D eigenvalue weighted by Crippen LogP contribution is -2.30. The SMILES string of the molecule is COc1cc(=O)n2c(c1C(=O)NCc1cc(F)cc(F)c1)CCCCC2. The molecule has 0 atom stereocenters. The van der Waals surface area contributed by atoms with Crippen LogP contribution in [0.2, 0.25) is 0 Å². The second-order valence-electron chi connectivity index (χ2n) is 6.30. The molecule has 138 valence electrons. The monoisotopic (exact) mass is 362 g/mol. The predicted molar refractivity (Wildman–Crippen MR) is 92.3 cm³/mol. The number of carbonyl (C=O) groups is 1. The van der Waals surface area contributed by atoms with Crippen molar-refractivity contribution in [1.82, 2.24) is 9.88 Å². The van der Waals surface area contributed by atoms with Crippen molar-refractivity contribution in [2.45, 2.75) is 38.8 Å². The fourth-order valence-electron chi connectivity index (χ4n) is 3.30. The van der Waals surface area contributed by atoms with E-state index in [1.54, 1.807) is 4.57 Å². The number of fused-ring (bicyclic) bond motifs is 1. The van der Waals surface area contributed by atoms with E-state index in [-0.39, 0.29) is 17.9 Å².